The van der Waals surface area contributed by atoms with E-state index in [9.17, 15) is 4.79 Å². The van der Waals surface area contributed by atoms with E-state index in [1.54, 1.807) is 5.38 Å². The second kappa shape index (κ2) is 9.55. The fraction of sp³-hybridized carbons (Fsp3) is 0.636. The van der Waals surface area contributed by atoms with E-state index in [4.69, 9.17) is 5.73 Å². The largest absolute Gasteiger partial charge is 0.347 e. The monoisotopic (exact) mass is 313 g/mol. The zero-order valence-electron chi connectivity index (χ0n) is 10.8. The third-order valence-corrected chi connectivity index (χ3v) is 2.97. The molecule has 0 fully saturated rings. The summed E-state index contributed by atoms with van der Waals surface area (Å²) in [6, 6.07) is -0.0113. The van der Waals surface area contributed by atoms with Gasteiger partial charge in [-0.25, -0.2) is 4.98 Å². The predicted octanol–water partition coefficient (Wildman–Crippen LogP) is 2.26. The Balaban J connectivity index is 0. The summed E-state index contributed by atoms with van der Waals surface area (Å²) in [5, 5.41) is 5.61. The lowest BCUT2D eigenvalue weighted by atomic mass is 10.1. The van der Waals surface area contributed by atoms with Gasteiger partial charge < -0.3 is 11.1 Å². The molecule has 0 bridgehead atoms. The van der Waals surface area contributed by atoms with Gasteiger partial charge in [0.25, 0.3) is 5.91 Å². The van der Waals surface area contributed by atoms with Crippen LogP contribution in [0.3, 0.4) is 0 Å². The van der Waals surface area contributed by atoms with Crippen LogP contribution in [-0.2, 0) is 6.42 Å². The van der Waals surface area contributed by atoms with Gasteiger partial charge in [-0.2, -0.15) is 0 Å². The Labute approximate surface area is 125 Å². The number of hydrogen-bond acceptors (Lipinski definition) is 4. The summed E-state index contributed by atoms with van der Waals surface area (Å²) < 4.78 is 0. The molecule has 0 aliphatic heterocycles. The molecular formula is C11H21Cl2N3OS. The van der Waals surface area contributed by atoms with Crippen molar-refractivity contribution in [2.75, 3.05) is 6.54 Å². The normalized spacial score (nSPS) is 11.4. The first kappa shape index (κ1) is 20.0. The van der Waals surface area contributed by atoms with Gasteiger partial charge in [0.2, 0.25) is 0 Å². The van der Waals surface area contributed by atoms with Gasteiger partial charge in [-0.15, -0.1) is 36.2 Å². The standard InChI is InChI=1S/C11H19N3OS.2ClH/c1-7(2)4-10-14-9(6-16-10)11(15)13-8(3)5-12;;/h6-8H,4-5,12H2,1-3H3,(H,13,15);2*1H/t8-;;/m0../s1. The molecule has 0 saturated heterocycles. The molecule has 3 N–H and O–H groups in total. The minimum atomic E-state index is -0.135. The predicted molar refractivity (Wildman–Crippen MR) is 81.1 cm³/mol. The van der Waals surface area contributed by atoms with E-state index in [1.165, 1.54) is 11.3 Å². The fourth-order valence-electron chi connectivity index (χ4n) is 1.21. The molecule has 4 nitrogen and oxygen atoms in total. The van der Waals surface area contributed by atoms with Crippen molar-refractivity contribution in [2.24, 2.45) is 11.7 Å². The van der Waals surface area contributed by atoms with Gasteiger partial charge >= 0.3 is 0 Å². The Kier molecular flexibility index (Phi) is 10.6. The molecule has 7 heteroatoms. The van der Waals surface area contributed by atoms with E-state index in [-0.39, 0.29) is 36.8 Å². The third kappa shape index (κ3) is 6.54. The fourth-order valence-corrected chi connectivity index (χ4v) is 2.20. The number of carbonyl (C=O) groups excluding carboxylic acids is 1. The Hall–Kier alpha value is -0.360. The zero-order valence-corrected chi connectivity index (χ0v) is 13.3. The second-order valence-electron chi connectivity index (χ2n) is 4.33. The highest BCUT2D eigenvalue weighted by atomic mass is 35.5. The van der Waals surface area contributed by atoms with Crippen LogP contribution >= 0.6 is 36.2 Å². The highest BCUT2D eigenvalue weighted by Crippen LogP contribution is 2.14. The summed E-state index contributed by atoms with van der Waals surface area (Å²) in [6.45, 7) is 6.59. The molecule has 1 amide bonds. The van der Waals surface area contributed by atoms with Crippen molar-refractivity contribution >= 4 is 42.1 Å². The number of nitrogens with zero attached hydrogens (tertiary/aromatic N) is 1. The van der Waals surface area contributed by atoms with Crippen molar-refractivity contribution in [3.8, 4) is 0 Å². The van der Waals surface area contributed by atoms with Crippen LogP contribution < -0.4 is 11.1 Å². The van der Waals surface area contributed by atoms with E-state index in [1.807, 2.05) is 6.92 Å². The number of halogens is 2. The van der Waals surface area contributed by atoms with Gasteiger partial charge in [0.15, 0.2) is 0 Å². The highest BCUT2D eigenvalue weighted by Gasteiger charge is 2.12. The van der Waals surface area contributed by atoms with E-state index < -0.39 is 0 Å². The molecule has 0 unspecified atom stereocenters. The first-order valence-electron chi connectivity index (χ1n) is 5.48. The number of carbonyl (C=O) groups is 1. The Morgan fingerprint density at radius 1 is 1.44 bits per heavy atom. The van der Waals surface area contributed by atoms with Crippen molar-refractivity contribution in [3.05, 3.63) is 16.1 Å². The van der Waals surface area contributed by atoms with Gasteiger partial charge in [0, 0.05) is 24.4 Å². The first-order valence-corrected chi connectivity index (χ1v) is 6.36. The summed E-state index contributed by atoms with van der Waals surface area (Å²) in [6.07, 6.45) is 0.921. The summed E-state index contributed by atoms with van der Waals surface area (Å²) in [5.41, 5.74) is 5.94. The Morgan fingerprint density at radius 2 is 2.06 bits per heavy atom. The van der Waals surface area contributed by atoms with Crippen LogP contribution in [0.5, 0.6) is 0 Å². The lowest BCUT2D eigenvalue weighted by Gasteiger charge is -2.09. The average molecular weight is 314 g/mol. The van der Waals surface area contributed by atoms with Crippen molar-refractivity contribution in [2.45, 2.75) is 33.2 Å². The van der Waals surface area contributed by atoms with Crippen molar-refractivity contribution in [1.29, 1.82) is 0 Å². The van der Waals surface area contributed by atoms with Crippen LogP contribution in [0.1, 0.15) is 36.3 Å². The maximum absolute atomic E-state index is 11.7. The smallest absolute Gasteiger partial charge is 0.271 e. The molecule has 18 heavy (non-hydrogen) atoms. The quantitative estimate of drug-likeness (QED) is 0.876. The summed E-state index contributed by atoms with van der Waals surface area (Å²) in [4.78, 5) is 16.0. The van der Waals surface area contributed by atoms with E-state index in [0.29, 0.717) is 18.2 Å². The van der Waals surface area contributed by atoms with Crippen LogP contribution in [0.2, 0.25) is 0 Å². The van der Waals surface area contributed by atoms with E-state index in [2.05, 4.69) is 24.1 Å². The number of rotatable bonds is 5. The maximum Gasteiger partial charge on any atom is 0.271 e. The third-order valence-electron chi connectivity index (χ3n) is 2.10. The van der Waals surface area contributed by atoms with Crippen molar-refractivity contribution in [3.63, 3.8) is 0 Å². The van der Waals surface area contributed by atoms with Crippen LogP contribution in [0.4, 0.5) is 0 Å². The van der Waals surface area contributed by atoms with Crippen molar-refractivity contribution in [1.82, 2.24) is 10.3 Å². The van der Waals surface area contributed by atoms with Crippen LogP contribution in [-0.4, -0.2) is 23.5 Å². The molecule has 0 spiro atoms. The number of amides is 1. The zero-order chi connectivity index (χ0) is 12.1. The summed E-state index contributed by atoms with van der Waals surface area (Å²) in [5.74, 6) is 0.425. The SMILES string of the molecule is CC(C)Cc1nc(C(=O)N[C@@H](C)CN)cs1.Cl.Cl. The Bertz CT molecular complexity index is 358. The number of aromatic nitrogens is 1. The molecule has 0 aliphatic carbocycles. The van der Waals surface area contributed by atoms with Gasteiger partial charge in [0.05, 0.1) is 5.01 Å². The minimum Gasteiger partial charge on any atom is -0.347 e. The van der Waals surface area contributed by atoms with Crippen molar-refractivity contribution < 1.29 is 4.79 Å². The molecule has 1 atom stereocenters. The van der Waals surface area contributed by atoms with E-state index >= 15 is 0 Å². The van der Waals surface area contributed by atoms with E-state index in [0.717, 1.165) is 11.4 Å². The van der Waals surface area contributed by atoms with Gasteiger partial charge in [-0.05, 0) is 12.8 Å². The molecule has 1 rings (SSSR count). The topological polar surface area (TPSA) is 68.0 Å². The molecule has 1 aromatic heterocycles. The first-order chi connectivity index (χ1) is 7.52. The average Bonchev–Trinajstić information content (AvgIpc) is 2.65. The molecule has 0 aliphatic rings. The molecule has 0 aromatic carbocycles. The van der Waals surface area contributed by atoms with Gasteiger partial charge in [-0.3, -0.25) is 4.79 Å². The number of nitrogens with one attached hydrogen (secondary N) is 1. The molecule has 1 aromatic rings. The molecular weight excluding hydrogens is 293 g/mol. The van der Waals surface area contributed by atoms with Crippen LogP contribution in [0.25, 0.3) is 0 Å². The molecule has 1 heterocycles. The molecule has 106 valence electrons. The number of nitrogens with two attached hydrogens (primary N) is 1. The van der Waals surface area contributed by atoms with Crippen LogP contribution in [0.15, 0.2) is 5.38 Å². The highest BCUT2D eigenvalue weighted by molar-refractivity contribution is 7.09. The lowest BCUT2D eigenvalue weighted by molar-refractivity contribution is 0.0936. The van der Waals surface area contributed by atoms with Crippen LogP contribution in [0, 0.1) is 5.92 Å². The minimum absolute atomic E-state index is 0. The summed E-state index contributed by atoms with van der Waals surface area (Å²) in [7, 11) is 0. The molecule has 0 radical (unpaired) electrons. The number of hydrogen-bond donors (Lipinski definition) is 2. The second-order valence-corrected chi connectivity index (χ2v) is 5.28. The van der Waals surface area contributed by atoms with Gasteiger partial charge in [0.1, 0.15) is 5.69 Å². The Morgan fingerprint density at radius 3 is 2.56 bits per heavy atom. The van der Waals surface area contributed by atoms with Gasteiger partial charge in [-0.1, -0.05) is 13.8 Å². The molecule has 0 saturated carbocycles. The summed E-state index contributed by atoms with van der Waals surface area (Å²) >= 11 is 1.54. The lowest BCUT2D eigenvalue weighted by Crippen LogP contribution is -2.37. The maximum atomic E-state index is 11.7. The number of thiazole rings is 1.